The van der Waals surface area contributed by atoms with Crippen LogP contribution >= 0.6 is 0 Å². The van der Waals surface area contributed by atoms with Crippen molar-refractivity contribution in [2.75, 3.05) is 6.61 Å². The molecule has 0 unspecified atom stereocenters. The first-order valence-corrected chi connectivity index (χ1v) is 9.74. The molecular weight excluding hydrogens is 356 g/mol. The van der Waals surface area contributed by atoms with Gasteiger partial charge in [0.1, 0.15) is 11.8 Å². The van der Waals surface area contributed by atoms with Crippen molar-refractivity contribution in [1.82, 2.24) is 10.2 Å². The number of carbonyl (C=O) groups excluding carboxylic acids is 2. The highest BCUT2D eigenvalue weighted by Crippen LogP contribution is 2.35. The Hall–Kier alpha value is -2.34. The number of hydrogen-bond acceptors (Lipinski definition) is 4. The molecule has 2 rings (SSSR count). The second-order valence-electron chi connectivity index (χ2n) is 8.18. The molecule has 0 saturated carbocycles. The van der Waals surface area contributed by atoms with Gasteiger partial charge in [-0.3, -0.25) is 9.69 Å². The van der Waals surface area contributed by atoms with Gasteiger partial charge in [-0.2, -0.15) is 0 Å². The lowest BCUT2D eigenvalue weighted by atomic mass is 10.0. The lowest BCUT2D eigenvalue weighted by Gasteiger charge is -2.38. The van der Waals surface area contributed by atoms with Gasteiger partial charge in [0.2, 0.25) is 0 Å². The highest BCUT2D eigenvalue weighted by molar-refractivity contribution is 5.94. The van der Waals surface area contributed by atoms with Gasteiger partial charge in [-0.25, -0.2) is 4.79 Å². The summed E-state index contributed by atoms with van der Waals surface area (Å²) in [5.41, 5.74) is -0.664. The topological polar surface area (TPSA) is 67.9 Å². The Balaban J connectivity index is 2.15. The molecule has 154 valence electrons. The Labute approximate surface area is 167 Å². The highest BCUT2D eigenvalue weighted by Gasteiger charge is 2.50. The predicted octanol–water partition coefficient (Wildman–Crippen LogP) is 4.12. The molecule has 0 aromatic heterocycles. The van der Waals surface area contributed by atoms with Crippen molar-refractivity contribution in [3.05, 3.63) is 48.6 Å². The van der Waals surface area contributed by atoms with Gasteiger partial charge >= 0.3 is 6.09 Å². The number of nitrogens with zero attached hydrogens (tertiary/aromatic N) is 1. The number of ether oxygens (including phenoxy) is 2. The third kappa shape index (κ3) is 4.93. The van der Waals surface area contributed by atoms with Crippen molar-refractivity contribution < 1.29 is 19.1 Å². The van der Waals surface area contributed by atoms with E-state index in [0.717, 1.165) is 0 Å². The summed E-state index contributed by atoms with van der Waals surface area (Å²) in [5.74, 6) is -0.192. The molecule has 1 N–H and O–H groups in total. The van der Waals surface area contributed by atoms with Gasteiger partial charge in [0, 0.05) is 12.0 Å². The summed E-state index contributed by atoms with van der Waals surface area (Å²) < 4.78 is 11.6. The predicted molar refractivity (Wildman–Crippen MR) is 109 cm³/mol. The van der Waals surface area contributed by atoms with Crippen LogP contribution in [-0.2, 0) is 9.47 Å². The molecule has 1 aliphatic heterocycles. The van der Waals surface area contributed by atoms with Crippen LogP contribution in [-0.4, -0.2) is 46.9 Å². The third-order valence-corrected chi connectivity index (χ3v) is 5.00. The normalized spacial score (nSPS) is 19.5. The number of carbonyl (C=O) groups is 2. The minimum atomic E-state index is -0.756. The molecule has 1 aliphatic rings. The van der Waals surface area contributed by atoms with E-state index in [4.69, 9.17) is 9.47 Å². The maximum Gasteiger partial charge on any atom is 0.412 e. The van der Waals surface area contributed by atoms with Crippen molar-refractivity contribution in [1.29, 1.82) is 0 Å². The number of rotatable bonds is 7. The second kappa shape index (κ2) is 8.78. The van der Waals surface area contributed by atoms with Crippen LogP contribution in [0.4, 0.5) is 4.79 Å². The zero-order valence-corrected chi connectivity index (χ0v) is 17.5. The van der Waals surface area contributed by atoms with Crippen LogP contribution in [0.25, 0.3) is 0 Å². The standard InChI is InChI=1S/C22H32N2O4/c1-7-12-18(17(8-2)23-19(25)16-13-10-9-11-14-16)28-20(26)24-21(3,4)15-27-22(24,5)6/h7,9-11,13-14,17-18H,1,8,12,15H2,2-6H3,(H,23,25)/t17-,18+/m1/s1. The molecule has 6 nitrogen and oxygen atoms in total. The SMILES string of the molecule is C=CC[C@H](OC(=O)N1C(C)(C)COC1(C)C)[C@@H](CC)NC(=O)c1ccccc1. The Morgan fingerprint density at radius 2 is 1.93 bits per heavy atom. The van der Waals surface area contributed by atoms with E-state index in [1.165, 1.54) is 0 Å². The molecule has 2 atom stereocenters. The van der Waals surface area contributed by atoms with Crippen molar-refractivity contribution in [2.24, 2.45) is 0 Å². The summed E-state index contributed by atoms with van der Waals surface area (Å²) in [7, 11) is 0. The van der Waals surface area contributed by atoms with E-state index in [2.05, 4.69) is 11.9 Å². The molecule has 0 spiro atoms. The van der Waals surface area contributed by atoms with Crippen molar-refractivity contribution in [3.63, 3.8) is 0 Å². The minimum Gasteiger partial charge on any atom is -0.444 e. The molecule has 1 heterocycles. The summed E-state index contributed by atoms with van der Waals surface area (Å²) in [5, 5.41) is 2.99. The zero-order valence-electron chi connectivity index (χ0n) is 17.5. The average molecular weight is 389 g/mol. The van der Waals surface area contributed by atoms with Crippen LogP contribution < -0.4 is 5.32 Å². The second-order valence-corrected chi connectivity index (χ2v) is 8.18. The third-order valence-electron chi connectivity index (χ3n) is 5.00. The maximum absolute atomic E-state index is 13.0. The van der Waals surface area contributed by atoms with Gasteiger partial charge in [-0.05, 0) is 46.2 Å². The van der Waals surface area contributed by atoms with Crippen molar-refractivity contribution in [3.8, 4) is 0 Å². The number of benzene rings is 1. The van der Waals surface area contributed by atoms with E-state index in [1.807, 2.05) is 52.8 Å². The number of hydrogen-bond donors (Lipinski definition) is 1. The van der Waals surface area contributed by atoms with Crippen LogP contribution in [0, 0.1) is 0 Å². The number of nitrogens with one attached hydrogen (secondary N) is 1. The fourth-order valence-corrected chi connectivity index (χ4v) is 3.62. The minimum absolute atomic E-state index is 0.192. The van der Waals surface area contributed by atoms with Gasteiger partial charge in [0.15, 0.2) is 0 Å². The first kappa shape index (κ1) is 22.0. The van der Waals surface area contributed by atoms with Gasteiger partial charge in [0.25, 0.3) is 5.91 Å². The lowest BCUT2D eigenvalue weighted by Crippen LogP contribution is -2.55. The smallest absolute Gasteiger partial charge is 0.412 e. The summed E-state index contributed by atoms with van der Waals surface area (Å²) in [4.78, 5) is 27.2. The monoisotopic (exact) mass is 388 g/mol. The summed E-state index contributed by atoms with van der Waals surface area (Å²) in [6, 6.07) is 8.66. The fraction of sp³-hybridized carbons (Fsp3) is 0.545. The molecular formula is C22H32N2O4. The molecule has 1 aromatic carbocycles. The summed E-state index contributed by atoms with van der Waals surface area (Å²) in [6.07, 6.45) is 1.79. The van der Waals surface area contributed by atoms with E-state index in [9.17, 15) is 9.59 Å². The molecule has 1 fully saturated rings. The summed E-state index contributed by atoms with van der Waals surface area (Å²) in [6.45, 7) is 13.7. The molecule has 2 amide bonds. The van der Waals surface area contributed by atoms with E-state index in [-0.39, 0.29) is 11.9 Å². The quantitative estimate of drug-likeness (QED) is 0.714. The Bertz CT molecular complexity index is 684. The van der Waals surface area contributed by atoms with E-state index in [1.54, 1.807) is 23.1 Å². The summed E-state index contributed by atoms with van der Waals surface area (Å²) >= 11 is 0. The van der Waals surface area contributed by atoms with Gasteiger partial charge in [-0.1, -0.05) is 31.2 Å². The zero-order chi connectivity index (χ0) is 20.9. The Kier molecular flexibility index (Phi) is 6.88. The molecule has 1 aromatic rings. The number of amides is 2. The molecule has 28 heavy (non-hydrogen) atoms. The fourth-order valence-electron chi connectivity index (χ4n) is 3.62. The first-order valence-electron chi connectivity index (χ1n) is 9.74. The Morgan fingerprint density at radius 3 is 2.43 bits per heavy atom. The first-order chi connectivity index (χ1) is 13.1. The van der Waals surface area contributed by atoms with E-state index in [0.29, 0.717) is 25.0 Å². The van der Waals surface area contributed by atoms with E-state index < -0.39 is 23.5 Å². The van der Waals surface area contributed by atoms with Crippen LogP contribution in [0.2, 0.25) is 0 Å². The lowest BCUT2D eigenvalue weighted by molar-refractivity contribution is -0.0608. The average Bonchev–Trinajstić information content (AvgIpc) is 2.87. The molecule has 0 radical (unpaired) electrons. The van der Waals surface area contributed by atoms with Gasteiger partial charge in [0.05, 0.1) is 18.2 Å². The molecule has 0 aliphatic carbocycles. The van der Waals surface area contributed by atoms with Crippen LogP contribution in [0.1, 0.15) is 57.8 Å². The van der Waals surface area contributed by atoms with E-state index >= 15 is 0 Å². The largest absolute Gasteiger partial charge is 0.444 e. The molecule has 1 saturated heterocycles. The van der Waals surface area contributed by atoms with Gasteiger partial charge < -0.3 is 14.8 Å². The van der Waals surface area contributed by atoms with Crippen LogP contribution in [0.15, 0.2) is 43.0 Å². The molecule has 6 heteroatoms. The van der Waals surface area contributed by atoms with Crippen molar-refractivity contribution in [2.45, 2.75) is 70.9 Å². The highest BCUT2D eigenvalue weighted by atomic mass is 16.6. The Morgan fingerprint density at radius 1 is 1.29 bits per heavy atom. The van der Waals surface area contributed by atoms with Crippen molar-refractivity contribution >= 4 is 12.0 Å². The van der Waals surface area contributed by atoms with Crippen LogP contribution in [0.3, 0.4) is 0 Å². The maximum atomic E-state index is 13.0. The molecule has 0 bridgehead atoms. The van der Waals surface area contributed by atoms with Gasteiger partial charge in [-0.15, -0.1) is 6.58 Å². The van der Waals surface area contributed by atoms with Crippen LogP contribution in [0.5, 0.6) is 0 Å².